The van der Waals surface area contributed by atoms with E-state index in [4.69, 9.17) is 16.3 Å². The molecule has 9 nitrogen and oxygen atoms in total. The smallest absolute Gasteiger partial charge is 0.271 e. The molecule has 2 aromatic carbocycles. The third kappa shape index (κ3) is 5.57. The van der Waals surface area contributed by atoms with Gasteiger partial charge < -0.3 is 14.6 Å². The van der Waals surface area contributed by atoms with Crippen molar-refractivity contribution in [3.63, 3.8) is 0 Å². The second-order valence-corrected chi connectivity index (χ2v) is 8.55. The van der Waals surface area contributed by atoms with Gasteiger partial charge in [0.25, 0.3) is 5.69 Å². The quantitative estimate of drug-likeness (QED) is 0.259. The number of amides is 1. The maximum absolute atomic E-state index is 12.6. The summed E-state index contributed by atoms with van der Waals surface area (Å²) in [5, 5.41) is 22.7. The number of nitro groups is 1. The Kier molecular flexibility index (Phi) is 7.70. The molecule has 0 aliphatic carbocycles. The van der Waals surface area contributed by atoms with E-state index >= 15 is 0 Å². The number of carbonyl (C=O) groups excluding carboxylic acids is 1. The fraction of sp³-hybridized carbons (Fsp3) is 0.286. The molecule has 0 radical (unpaired) electrons. The molecule has 168 valence electrons. The van der Waals surface area contributed by atoms with Gasteiger partial charge in [-0.15, -0.1) is 10.2 Å². The summed E-state index contributed by atoms with van der Waals surface area (Å²) in [6.07, 6.45) is -0.411. The fourth-order valence-electron chi connectivity index (χ4n) is 2.92. The Bertz CT molecular complexity index is 1120. The second-order valence-electron chi connectivity index (χ2n) is 6.83. The number of nitrogens with one attached hydrogen (secondary N) is 1. The zero-order chi connectivity index (χ0) is 23.3. The number of thioether (sulfide) groups is 1. The van der Waals surface area contributed by atoms with Gasteiger partial charge in [-0.1, -0.05) is 41.6 Å². The molecule has 2 unspecified atom stereocenters. The van der Waals surface area contributed by atoms with Crippen LogP contribution in [0.15, 0.2) is 53.7 Å². The largest absolute Gasteiger partial charge is 0.481 e. The van der Waals surface area contributed by atoms with E-state index < -0.39 is 16.3 Å². The second kappa shape index (κ2) is 10.5. The summed E-state index contributed by atoms with van der Waals surface area (Å²) in [7, 11) is 0. The van der Waals surface area contributed by atoms with Crippen LogP contribution in [0.5, 0.6) is 5.75 Å². The van der Waals surface area contributed by atoms with Gasteiger partial charge in [-0.3, -0.25) is 14.9 Å². The van der Waals surface area contributed by atoms with Crippen LogP contribution in [0.3, 0.4) is 0 Å². The number of aromatic nitrogens is 3. The molecule has 0 fully saturated rings. The first-order valence-corrected chi connectivity index (χ1v) is 11.1. The number of nitro benzene ring substituents is 1. The molecule has 11 heteroatoms. The van der Waals surface area contributed by atoms with E-state index in [-0.39, 0.29) is 11.6 Å². The number of non-ortho nitro benzene ring substituents is 1. The van der Waals surface area contributed by atoms with Crippen LogP contribution in [-0.4, -0.2) is 30.8 Å². The standard InChI is InChI=1S/C21H22ClN5O4S/c1-4-26-19(13(2)31-18-11-6-5-10-17(18)22)24-25-21(26)32-14(3)20(28)23-15-8-7-9-16(12-15)27(29)30/h5-14H,4H2,1-3H3,(H,23,28). The number of halogens is 1. The highest BCUT2D eigenvalue weighted by Crippen LogP contribution is 2.30. The summed E-state index contributed by atoms with van der Waals surface area (Å²) < 4.78 is 7.83. The zero-order valence-corrected chi connectivity index (χ0v) is 19.3. The summed E-state index contributed by atoms with van der Waals surface area (Å²) in [5.74, 6) is 0.857. The molecule has 32 heavy (non-hydrogen) atoms. The van der Waals surface area contributed by atoms with E-state index in [2.05, 4.69) is 15.5 Å². The van der Waals surface area contributed by atoms with Gasteiger partial charge in [-0.2, -0.15) is 0 Å². The van der Waals surface area contributed by atoms with E-state index in [9.17, 15) is 14.9 Å². The Morgan fingerprint density at radius 3 is 2.69 bits per heavy atom. The van der Waals surface area contributed by atoms with E-state index in [1.807, 2.05) is 30.5 Å². The van der Waals surface area contributed by atoms with E-state index in [1.54, 1.807) is 25.1 Å². The summed E-state index contributed by atoms with van der Waals surface area (Å²) in [5.41, 5.74) is 0.266. The monoisotopic (exact) mass is 475 g/mol. The number of rotatable bonds is 9. The maximum atomic E-state index is 12.6. The number of ether oxygens (including phenoxy) is 1. The predicted molar refractivity (Wildman–Crippen MR) is 123 cm³/mol. The van der Waals surface area contributed by atoms with Crippen molar-refractivity contribution >= 4 is 40.6 Å². The number of carbonyl (C=O) groups is 1. The van der Waals surface area contributed by atoms with E-state index in [0.717, 1.165) is 0 Å². The van der Waals surface area contributed by atoms with Crippen LogP contribution in [0.1, 0.15) is 32.7 Å². The van der Waals surface area contributed by atoms with Gasteiger partial charge in [0.05, 0.1) is 15.2 Å². The molecular formula is C21H22ClN5O4S. The Hall–Kier alpha value is -3.11. The Balaban J connectivity index is 1.70. The molecular weight excluding hydrogens is 454 g/mol. The van der Waals surface area contributed by atoms with Gasteiger partial charge in [-0.25, -0.2) is 0 Å². The SMILES string of the molecule is CCn1c(SC(C)C(=O)Nc2cccc([N+](=O)[O-])c2)nnc1C(C)Oc1ccccc1Cl. The summed E-state index contributed by atoms with van der Waals surface area (Å²) >= 11 is 7.42. The van der Waals surface area contributed by atoms with Gasteiger partial charge >= 0.3 is 0 Å². The van der Waals surface area contributed by atoms with Crippen molar-refractivity contribution in [1.29, 1.82) is 0 Å². The van der Waals surface area contributed by atoms with Crippen molar-refractivity contribution < 1.29 is 14.5 Å². The lowest BCUT2D eigenvalue weighted by atomic mass is 10.2. The Labute approximate surface area is 194 Å². The van der Waals surface area contributed by atoms with Gasteiger partial charge in [0.1, 0.15) is 5.75 Å². The molecule has 0 aliphatic rings. The zero-order valence-electron chi connectivity index (χ0n) is 17.7. The molecule has 3 aromatic rings. The average molecular weight is 476 g/mol. The molecule has 0 aliphatic heterocycles. The lowest BCUT2D eigenvalue weighted by Gasteiger charge is -2.17. The van der Waals surface area contributed by atoms with Crippen molar-refractivity contribution in [2.75, 3.05) is 5.32 Å². The molecule has 1 N–H and O–H groups in total. The first-order valence-electron chi connectivity index (χ1n) is 9.86. The number of anilines is 1. The van der Waals surface area contributed by atoms with Crippen LogP contribution in [0.2, 0.25) is 5.02 Å². The average Bonchev–Trinajstić information content (AvgIpc) is 3.18. The van der Waals surface area contributed by atoms with Crippen molar-refractivity contribution in [2.45, 2.75) is 43.8 Å². The van der Waals surface area contributed by atoms with Crippen LogP contribution < -0.4 is 10.1 Å². The van der Waals surface area contributed by atoms with Crippen LogP contribution in [0.25, 0.3) is 0 Å². The van der Waals surface area contributed by atoms with Crippen molar-refractivity contribution in [3.8, 4) is 5.75 Å². The fourth-order valence-corrected chi connectivity index (χ4v) is 4.02. The highest BCUT2D eigenvalue weighted by atomic mass is 35.5. The van der Waals surface area contributed by atoms with Crippen molar-refractivity contribution in [2.24, 2.45) is 0 Å². The minimum absolute atomic E-state index is 0.0917. The molecule has 3 rings (SSSR count). The third-order valence-electron chi connectivity index (χ3n) is 4.54. The third-order valence-corrected chi connectivity index (χ3v) is 5.93. The maximum Gasteiger partial charge on any atom is 0.271 e. The minimum atomic E-state index is -0.517. The predicted octanol–water partition coefficient (Wildman–Crippen LogP) is 5.12. The molecule has 1 aromatic heterocycles. The van der Waals surface area contributed by atoms with Gasteiger partial charge in [0, 0.05) is 24.4 Å². The van der Waals surface area contributed by atoms with Crippen LogP contribution >= 0.6 is 23.4 Å². The molecule has 1 amide bonds. The van der Waals surface area contributed by atoms with E-state index in [0.29, 0.717) is 34.0 Å². The van der Waals surface area contributed by atoms with Gasteiger partial charge in [0.15, 0.2) is 17.1 Å². The topological polar surface area (TPSA) is 112 Å². The summed E-state index contributed by atoms with van der Waals surface area (Å²) in [6, 6.07) is 13.0. The number of hydrogen-bond donors (Lipinski definition) is 1. The lowest BCUT2D eigenvalue weighted by Crippen LogP contribution is -2.23. The summed E-state index contributed by atoms with van der Waals surface area (Å²) in [4.78, 5) is 23.0. The molecule has 0 bridgehead atoms. The molecule has 1 heterocycles. The van der Waals surface area contributed by atoms with Crippen molar-refractivity contribution in [3.05, 3.63) is 69.5 Å². The van der Waals surface area contributed by atoms with Gasteiger partial charge in [-0.05, 0) is 39.0 Å². The number of nitrogens with zero attached hydrogens (tertiary/aromatic N) is 4. The Morgan fingerprint density at radius 2 is 2.00 bits per heavy atom. The molecule has 2 atom stereocenters. The first-order chi connectivity index (χ1) is 15.3. The highest BCUT2D eigenvalue weighted by molar-refractivity contribution is 8.00. The molecule has 0 saturated heterocycles. The van der Waals surface area contributed by atoms with Gasteiger partial charge in [0.2, 0.25) is 5.91 Å². The number of para-hydroxylation sites is 1. The molecule has 0 spiro atoms. The Morgan fingerprint density at radius 1 is 1.25 bits per heavy atom. The normalized spacial score (nSPS) is 12.8. The molecule has 0 saturated carbocycles. The minimum Gasteiger partial charge on any atom is -0.481 e. The number of hydrogen-bond acceptors (Lipinski definition) is 7. The lowest BCUT2D eigenvalue weighted by molar-refractivity contribution is -0.384. The number of benzene rings is 2. The highest BCUT2D eigenvalue weighted by Gasteiger charge is 2.23. The van der Waals surface area contributed by atoms with E-state index in [1.165, 1.54) is 30.0 Å². The van der Waals surface area contributed by atoms with Crippen LogP contribution in [0.4, 0.5) is 11.4 Å². The first kappa shape index (κ1) is 23.6. The van der Waals surface area contributed by atoms with Crippen molar-refractivity contribution in [1.82, 2.24) is 14.8 Å². The van der Waals surface area contributed by atoms with Crippen LogP contribution in [-0.2, 0) is 11.3 Å². The summed E-state index contributed by atoms with van der Waals surface area (Å²) in [6.45, 7) is 6.12. The van der Waals surface area contributed by atoms with Crippen LogP contribution in [0, 0.1) is 10.1 Å².